The number of hydrogen-bond donors (Lipinski definition) is 2. The van der Waals surface area contributed by atoms with E-state index in [1.54, 1.807) is 24.3 Å². The number of alkyl halides is 1. The molecule has 1 aromatic heterocycles. The molecule has 0 saturated carbocycles. The van der Waals surface area contributed by atoms with E-state index in [0.717, 1.165) is 0 Å². The van der Waals surface area contributed by atoms with Crippen LogP contribution in [-0.2, 0) is 0 Å². The Morgan fingerprint density at radius 2 is 1.95 bits per heavy atom. The quantitative estimate of drug-likeness (QED) is 0.293. The maximum Gasteiger partial charge on any atom is 0.270 e. The van der Waals surface area contributed by atoms with Crippen molar-refractivity contribution < 1.29 is 4.79 Å². The van der Waals surface area contributed by atoms with Gasteiger partial charge in [-0.3, -0.25) is 4.79 Å². The average molecular weight is 471 g/mol. The zero-order valence-electron chi connectivity index (χ0n) is 11.3. The Kier molecular flexibility index (Phi) is 5.76. The monoisotopic (exact) mass is 469 g/mol. The standard InChI is InChI=1S/C14H11Cl3IN3O/c1-6(18)20-14(22)11-3-2-8(13(19)21-11)9-4-7(15)5-10(16)12(9)17/h2-6H,1H3,(H2,19,21)(H,20,22). The van der Waals surface area contributed by atoms with E-state index in [2.05, 4.69) is 32.9 Å². The number of carbonyl (C=O) groups is 1. The Bertz CT molecular complexity index is 738. The topological polar surface area (TPSA) is 68.0 Å². The summed E-state index contributed by atoms with van der Waals surface area (Å²) in [6, 6.07) is 6.44. The van der Waals surface area contributed by atoms with Crippen molar-refractivity contribution in [3.63, 3.8) is 0 Å². The summed E-state index contributed by atoms with van der Waals surface area (Å²) >= 11 is 20.3. The summed E-state index contributed by atoms with van der Waals surface area (Å²) < 4.78 is -0.0195. The molecule has 1 unspecified atom stereocenters. The number of anilines is 1. The first-order chi connectivity index (χ1) is 10.3. The van der Waals surface area contributed by atoms with Crippen LogP contribution in [0.3, 0.4) is 0 Å². The lowest BCUT2D eigenvalue weighted by atomic mass is 10.1. The summed E-state index contributed by atoms with van der Waals surface area (Å²) in [5.74, 6) is -0.121. The number of aromatic nitrogens is 1. The smallest absolute Gasteiger partial charge is 0.270 e. The molecule has 1 heterocycles. The van der Waals surface area contributed by atoms with Gasteiger partial charge in [-0.15, -0.1) is 0 Å². The van der Waals surface area contributed by atoms with Crippen molar-refractivity contribution in [2.24, 2.45) is 0 Å². The molecule has 22 heavy (non-hydrogen) atoms. The Labute approximate surface area is 156 Å². The minimum Gasteiger partial charge on any atom is -0.383 e. The molecule has 1 atom stereocenters. The van der Waals surface area contributed by atoms with Gasteiger partial charge in [0.25, 0.3) is 5.91 Å². The molecule has 4 nitrogen and oxygen atoms in total. The molecular formula is C14H11Cl3IN3O. The number of carbonyl (C=O) groups excluding carboxylic acids is 1. The maximum atomic E-state index is 11.9. The Hall–Kier alpha value is -0.760. The second kappa shape index (κ2) is 7.21. The Balaban J connectivity index is 2.45. The third kappa shape index (κ3) is 3.95. The fourth-order valence-electron chi connectivity index (χ4n) is 1.84. The van der Waals surface area contributed by atoms with Gasteiger partial charge < -0.3 is 11.1 Å². The van der Waals surface area contributed by atoms with E-state index in [0.29, 0.717) is 26.2 Å². The molecule has 116 valence electrons. The molecule has 0 spiro atoms. The van der Waals surface area contributed by atoms with Crippen LogP contribution in [0.25, 0.3) is 11.1 Å². The van der Waals surface area contributed by atoms with Crippen LogP contribution in [0.5, 0.6) is 0 Å². The molecule has 0 aliphatic rings. The molecule has 2 rings (SSSR count). The van der Waals surface area contributed by atoms with Gasteiger partial charge in [-0.2, -0.15) is 0 Å². The van der Waals surface area contributed by atoms with Crippen LogP contribution in [0.1, 0.15) is 17.4 Å². The third-order valence-electron chi connectivity index (χ3n) is 2.77. The molecule has 0 aliphatic heterocycles. The predicted octanol–water partition coefficient (Wildman–Crippen LogP) is 4.80. The highest BCUT2D eigenvalue weighted by molar-refractivity contribution is 14.1. The molecule has 1 amide bonds. The number of nitrogen functional groups attached to an aromatic ring is 1. The molecule has 0 aliphatic carbocycles. The Morgan fingerprint density at radius 3 is 2.55 bits per heavy atom. The number of nitrogens with two attached hydrogens (primary N) is 1. The number of hydrogen-bond acceptors (Lipinski definition) is 3. The predicted molar refractivity (Wildman–Crippen MR) is 100 cm³/mol. The molecule has 0 bridgehead atoms. The van der Waals surface area contributed by atoms with E-state index >= 15 is 0 Å². The number of rotatable bonds is 3. The number of benzene rings is 1. The number of nitrogens with zero attached hydrogens (tertiary/aromatic N) is 1. The third-order valence-corrected chi connectivity index (χ3v) is 4.10. The van der Waals surface area contributed by atoms with E-state index < -0.39 is 0 Å². The fourth-order valence-corrected chi connectivity index (χ4v) is 2.82. The highest BCUT2D eigenvalue weighted by Crippen LogP contribution is 2.38. The van der Waals surface area contributed by atoms with Crippen LogP contribution in [0.15, 0.2) is 24.3 Å². The number of nitrogens with one attached hydrogen (secondary N) is 1. The summed E-state index contributed by atoms with van der Waals surface area (Å²) in [6.07, 6.45) is 0. The number of halogens is 4. The van der Waals surface area contributed by atoms with Gasteiger partial charge in [0, 0.05) is 16.1 Å². The van der Waals surface area contributed by atoms with Gasteiger partial charge >= 0.3 is 0 Å². The van der Waals surface area contributed by atoms with Crippen molar-refractivity contribution in [3.8, 4) is 11.1 Å². The average Bonchev–Trinajstić information content (AvgIpc) is 2.42. The second-order valence-electron chi connectivity index (χ2n) is 4.47. The van der Waals surface area contributed by atoms with Gasteiger partial charge in [0.15, 0.2) is 0 Å². The highest BCUT2D eigenvalue weighted by Gasteiger charge is 2.15. The van der Waals surface area contributed by atoms with Gasteiger partial charge in [0.1, 0.15) is 11.5 Å². The zero-order valence-corrected chi connectivity index (χ0v) is 15.8. The van der Waals surface area contributed by atoms with Gasteiger partial charge in [-0.05, 0) is 31.2 Å². The largest absolute Gasteiger partial charge is 0.383 e. The molecule has 2 aromatic rings. The zero-order chi connectivity index (χ0) is 16.4. The van der Waals surface area contributed by atoms with E-state index in [-0.39, 0.29) is 21.5 Å². The summed E-state index contributed by atoms with van der Waals surface area (Å²) in [6.45, 7) is 1.85. The first-order valence-corrected chi connectivity index (χ1v) is 8.54. The number of amides is 1. The van der Waals surface area contributed by atoms with Crippen LogP contribution in [0, 0.1) is 0 Å². The van der Waals surface area contributed by atoms with Gasteiger partial charge in [-0.1, -0.05) is 57.4 Å². The SMILES string of the molecule is CC(I)NC(=O)c1ccc(-c2cc(Cl)cc(Cl)c2Cl)c(N)n1. The first kappa shape index (κ1) is 17.6. The fraction of sp³-hybridized carbons (Fsp3) is 0.143. The summed E-state index contributed by atoms with van der Waals surface area (Å²) in [4.78, 5) is 16.0. The minimum absolute atomic E-state index is 0.0195. The van der Waals surface area contributed by atoms with Crippen molar-refractivity contribution in [2.45, 2.75) is 11.0 Å². The van der Waals surface area contributed by atoms with Crippen LogP contribution >= 0.6 is 57.4 Å². The second-order valence-corrected chi connectivity index (χ2v) is 7.56. The summed E-state index contributed by atoms with van der Waals surface area (Å²) in [7, 11) is 0. The summed E-state index contributed by atoms with van der Waals surface area (Å²) in [5.41, 5.74) is 7.32. The molecule has 8 heteroatoms. The normalized spacial score (nSPS) is 12.0. The summed E-state index contributed by atoms with van der Waals surface area (Å²) in [5, 5.41) is 3.83. The molecule has 0 fully saturated rings. The molecule has 1 aromatic carbocycles. The lowest BCUT2D eigenvalue weighted by Gasteiger charge is -2.11. The van der Waals surface area contributed by atoms with Crippen molar-refractivity contribution in [1.82, 2.24) is 10.3 Å². The lowest BCUT2D eigenvalue weighted by molar-refractivity contribution is 0.0949. The lowest BCUT2D eigenvalue weighted by Crippen LogP contribution is -2.29. The van der Waals surface area contributed by atoms with E-state index in [4.69, 9.17) is 40.5 Å². The highest BCUT2D eigenvalue weighted by atomic mass is 127. The van der Waals surface area contributed by atoms with Gasteiger partial charge in [-0.25, -0.2) is 4.98 Å². The van der Waals surface area contributed by atoms with Crippen LogP contribution in [0.4, 0.5) is 5.82 Å². The van der Waals surface area contributed by atoms with E-state index in [9.17, 15) is 4.79 Å². The van der Waals surface area contributed by atoms with Crippen molar-refractivity contribution in [1.29, 1.82) is 0 Å². The first-order valence-electron chi connectivity index (χ1n) is 6.16. The molecule has 0 saturated heterocycles. The molecule has 3 N–H and O–H groups in total. The van der Waals surface area contributed by atoms with Gasteiger partial charge in [0.05, 0.1) is 14.1 Å². The maximum absolute atomic E-state index is 11.9. The van der Waals surface area contributed by atoms with E-state index in [1.807, 2.05) is 6.92 Å². The van der Waals surface area contributed by atoms with Crippen molar-refractivity contribution in [3.05, 3.63) is 45.0 Å². The van der Waals surface area contributed by atoms with E-state index in [1.165, 1.54) is 0 Å². The van der Waals surface area contributed by atoms with Crippen molar-refractivity contribution >= 4 is 69.1 Å². The van der Waals surface area contributed by atoms with Crippen molar-refractivity contribution in [2.75, 3.05) is 5.73 Å². The van der Waals surface area contributed by atoms with Crippen LogP contribution in [-0.4, -0.2) is 14.9 Å². The molecular weight excluding hydrogens is 459 g/mol. The Morgan fingerprint density at radius 1 is 1.27 bits per heavy atom. The molecule has 0 radical (unpaired) electrons. The van der Waals surface area contributed by atoms with Gasteiger partial charge in [0.2, 0.25) is 0 Å². The number of pyridine rings is 1. The van der Waals surface area contributed by atoms with Crippen LogP contribution in [0.2, 0.25) is 15.1 Å². The minimum atomic E-state index is -0.296. The van der Waals surface area contributed by atoms with Crippen LogP contribution < -0.4 is 11.1 Å².